The van der Waals surface area contributed by atoms with Gasteiger partial charge in [0.1, 0.15) is 0 Å². The first kappa shape index (κ1) is 10.3. The molecule has 0 heterocycles. The van der Waals surface area contributed by atoms with Crippen LogP contribution in [0.25, 0.3) is 0 Å². The summed E-state index contributed by atoms with van der Waals surface area (Å²) in [5.41, 5.74) is 0.797. The van der Waals surface area contributed by atoms with Gasteiger partial charge in [-0.3, -0.25) is 4.79 Å². The lowest BCUT2D eigenvalue weighted by molar-refractivity contribution is 0.101. The molecule has 0 N–H and O–H groups in total. The molecule has 1 aromatic carbocycles. The van der Waals surface area contributed by atoms with Gasteiger partial charge in [-0.2, -0.15) is 0 Å². The molecule has 1 nitrogen and oxygen atoms in total. The van der Waals surface area contributed by atoms with Crippen LogP contribution >= 0.6 is 11.8 Å². The van der Waals surface area contributed by atoms with E-state index in [4.69, 9.17) is 0 Å². The molecule has 1 rings (SSSR count). The van der Waals surface area contributed by atoms with E-state index in [1.165, 1.54) is 4.90 Å². The van der Waals surface area contributed by atoms with Crippen molar-refractivity contribution in [3.8, 4) is 0 Å². The molecule has 0 saturated carbocycles. The second-order valence-corrected chi connectivity index (χ2v) is 4.90. The monoisotopic (exact) mass is 194 g/mol. The molecular weight excluding hydrogens is 180 g/mol. The SMILES string of the molecule is CC(=O)c1cccc(SC(C)C)c1. The molecule has 0 aliphatic rings. The average molecular weight is 194 g/mol. The predicted molar refractivity (Wildman–Crippen MR) is 57.4 cm³/mol. The van der Waals surface area contributed by atoms with Crippen LogP contribution in [0.5, 0.6) is 0 Å². The van der Waals surface area contributed by atoms with Gasteiger partial charge in [0, 0.05) is 15.7 Å². The van der Waals surface area contributed by atoms with Crippen molar-refractivity contribution >= 4 is 17.5 Å². The smallest absolute Gasteiger partial charge is 0.159 e. The summed E-state index contributed by atoms with van der Waals surface area (Å²) in [6.07, 6.45) is 0. The van der Waals surface area contributed by atoms with Crippen molar-refractivity contribution in [3.05, 3.63) is 29.8 Å². The molecule has 0 amide bonds. The first-order valence-electron chi connectivity index (χ1n) is 4.37. The Morgan fingerprint density at radius 2 is 2.08 bits per heavy atom. The van der Waals surface area contributed by atoms with Gasteiger partial charge < -0.3 is 0 Å². The van der Waals surface area contributed by atoms with E-state index in [1.807, 2.05) is 24.3 Å². The van der Waals surface area contributed by atoms with Gasteiger partial charge in [0.05, 0.1) is 0 Å². The largest absolute Gasteiger partial charge is 0.295 e. The van der Waals surface area contributed by atoms with Crippen LogP contribution in [0.3, 0.4) is 0 Å². The zero-order valence-corrected chi connectivity index (χ0v) is 9.02. The predicted octanol–water partition coefficient (Wildman–Crippen LogP) is 3.39. The third kappa shape index (κ3) is 3.23. The number of carbonyl (C=O) groups is 1. The highest BCUT2D eigenvalue weighted by atomic mass is 32.2. The van der Waals surface area contributed by atoms with Crippen molar-refractivity contribution in [2.24, 2.45) is 0 Å². The number of Topliss-reactive ketones (excluding diaryl/α,β-unsaturated/α-hetero) is 1. The number of carbonyl (C=O) groups excluding carboxylic acids is 1. The Balaban J connectivity index is 2.85. The molecule has 0 atom stereocenters. The van der Waals surface area contributed by atoms with E-state index in [1.54, 1.807) is 18.7 Å². The lowest BCUT2D eigenvalue weighted by atomic mass is 10.2. The number of hydrogen-bond donors (Lipinski definition) is 0. The third-order valence-corrected chi connectivity index (χ3v) is 2.61. The Bertz CT molecular complexity index is 305. The van der Waals surface area contributed by atoms with Crippen molar-refractivity contribution < 1.29 is 4.79 Å². The first-order chi connectivity index (χ1) is 6.09. The minimum Gasteiger partial charge on any atom is -0.295 e. The molecule has 0 aliphatic heterocycles. The fraction of sp³-hybridized carbons (Fsp3) is 0.364. The number of rotatable bonds is 3. The molecule has 0 aromatic heterocycles. The number of thioether (sulfide) groups is 1. The number of ketones is 1. The van der Waals surface area contributed by atoms with Gasteiger partial charge in [0.2, 0.25) is 0 Å². The fourth-order valence-corrected chi connectivity index (χ4v) is 1.96. The van der Waals surface area contributed by atoms with Crippen LogP contribution in [0, 0.1) is 0 Å². The van der Waals surface area contributed by atoms with Crippen LogP contribution in [0.15, 0.2) is 29.2 Å². The van der Waals surface area contributed by atoms with Crippen LogP contribution in [-0.2, 0) is 0 Å². The quantitative estimate of drug-likeness (QED) is 0.542. The summed E-state index contributed by atoms with van der Waals surface area (Å²) < 4.78 is 0. The second-order valence-electron chi connectivity index (χ2n) is 3.25. The van der Waals surface area contributed by atoms with Crippen molar-refractivity contribution in [1.29, 1.82) is 0 Å². The summed E-state index contributed by atoms with van der Waals surface area (Å²) in [7, 11) is 0. The van der Waals surface area contributed by atoms with Crippen LogP contribution in [0.2, 0.25) is 0 Å². The maximum Gasteiger partial charge on any atom is 0.159 e. The molecular formula is C11H14OS. The second kappa shape index (κ2) is 4.47. The summed E-state index contributed by atoms with van der Waals surface area (Å²) >= 11 is 1.78. The van der Waals surface area contributed by atoms with Crippen molar-refractivity contribution in [2.75, 3.05) is 0 Å². The Kier molecular flexibility index (Phi) is 3.55. The molecule has 0 fully saturated rings. The normalized spacial score (nSPS) is 10.5. The third-order valence-electron chi connectivity index (χ3n) is 1.61. The molecule has 70 valence electrons. The minimum absolute atomic E-state index is 0.131. The standard InChI is InChI=1S/C11H14OS/c1-8(2)13-11-6-4-5-10(7-11)9(3)12/h4-8H,1-3H3. The van der Waals surface area contributed by atoms with E-state index in [-0.39, 0.29) is 5.78 Å². The van der Waals surface area contributed by atoms with Crippen LogP contribution in [0.4, 0.5) is 0 Å². The minimum atomic E-state index is 0.131. The molecule has 2 heteroatoms. The maximum atomic E-state index is 11.1. The highest BCUT2D eigenvalue weighted by molar-refractivity contribution is 7.99. The molecule has 0 aliphatic carbocycles. The van der Waals surface area contributed by atoms with Gasteiger partial charge in [0.25, 0.3) is 0 Å². The first-order valence-corrected chi connectivity index (χ1v) is 5.25. The van der Waals surface area contributed by atoms with E-state index in [0.29, 0.717) is 5.25 Å². The summed E-state index contributed by atoms with van der Waals surface area (Å²) in [5.74, 6) is 0.131. The molecule has 0 bridgehead atoms. The summed E-state index contributed by atoms with van der Waals surface area (Å²) in [5, 5.41) is 0.558. The zero-order valence-electron chi connectivity index (χ0n) is 8.20. The topological polar surface area (TPSA) is 17.1 Å². The van der Waals surface area contributed by atoms with Gasteiger partial charge >= 0.3 is 0 Å². The number of benzene rings is 1. The van der Waals surface area contributed by atoms with Gasteiger partial charge in [-0.1, -0.05) is 26.0 Å². The van der Waals surface area contributed by atoms with Gasteiger partial charge in [-0.05, 0) is 19.1 Å². The summed E-state index contributed by atoms with van der Waals surface area (Å²) in [6.45, 7) is 5.88. The zero-order chi connectivity index (χ0) is 9.84. The molecule has 13 heavy (non-hydrogen) atoms. The van der Waals surface area contributed by atoms with Crippen molar-refractivity contribution in [1.82, 2.24) is 0 Å². The molecule has 1 aromatic rings. The summed E-state index contributed by atoms with van der Waals surface area (Å²) in [6, 6.07) is 7.78. The van der Waals surface area contributed by atoms with Crippen LogP contribution in [0.1, 0.15) is 31.1 Å². The van der Waals surface area contributed by atoms with Crippen molar-refractivity contribution in [3.63, 3.8) is 0 Å². The Morgan fingerprint density at radius 3 is 2.62 bits per heavy atom. The van der Waals surface area contributed by atoms with E-state index in [0.717, 1.165) is 5.56 Å². The van der Waals surface area contributed by atoms with E-state index >= 15 is 0 Å². The molecule has 0 saturated heterocycles. The highest BCUT2D eigenvalue weighted by Gasteiger charge is 2.02. The van der Waals surface area contributed by atoms with Gasteiger partial charge in [0.15, 0.2) is 5.78 Å². The maximum absolute atomic E-state index is 11.1. The Morgan fingerprint density at radius 1 is 1.38 bits per heavy atom. The summed E-state index contributed by atoms with van der Waals surface area (Å²) in [4.78, 5) is 12.2. The van der Waals surface area contributed by atoms with Gasteiger partial charge in [-0.25, -0.2) is 0 Å². The highest BCUT2D eigenvalue weighted by Crippen LogP contribution is 2.23. The van der Waals surface area contributed by atoms with Crippen molar-refractivity contribution in [2.45, 2.75) is 30.9 Å². The average Bonchev–Trinajstić information content (AvgIpc) is 2.03. The Hall–Kier alpha value is -0.760. The van der Waals surface area contributed by atoms with E-state index in [9.17, 15) is 4.79 Å². The van der Waals surface area contributed by atoms with E-state index < -0.39 is 0 Å². The Labute approximate surface area is 83.5 Å². The molecule has 0 spiro atoms. The fourth-order valence-electron chi connectivity index (χ4n) is 1.06. The van der Waals surface area contributed by atoms with Crippen LogP contribution in [-0.4, -0.2) is 11.0 Å². The van der Waals surface area contributed by atoms with Crippen LogP contribution < -0.4 is 0 Å². The lowest BCUT2D eigenvalue weighted by Gasteiger charge is -2.05. The molecule has 0 radical (unpaired) electrons. The lowest BCUT2D eigenvalue weighted by Crippen LogP contribution is -1.92. The van der Waals surface area contributed by atoms with E-state index in [2.05, 4.69) is 13.8 Å². The van der Waals surface area contributed by atoms with Gasteiger partial charge in [-0.15, -0.1) is 11.8 Å². The number of hydrogen-bond acceptors (Lipinski definition) is 2. The molecule has 0 unspecified atom stereocenters.